The van der Waals surface area contributed by atoms with E-state index in [1.165, 1.54) is 23.1 Å². The Labute approximate surface area is 133 Å². The van der Waals surface area contributed by atoms with Gasteiger partial charge in [0.05, 0.1) is 5.57 Å². The van der Waals surface area contributed by atoms with Crippen molar-refractivity contribution in [2.75, 3.05) is 5.32 Å². The van der Waals surface area contributed by atoms with Crippen molar-refractivity contribution in [3.05, 3.63) is 47.4 Å². The molecule has 1 aromatic carbocycles. The summed E-state index contributed by atoms with van der Waals surface area (Å²) in [6.07, 6.45) is -3.47. The number of hydrogen-bond donors (Lipinski definition) is 2. The normalized spacial score (nSPS) is 17.2. The summed E-state index contributed by atoms with van der Waals surface area (Å²) in [6, 6.07) is 4.46. The first-order valence-corrected chi connectivity index (χ1v) is 6.79. The molecule has 0 bridgehead atoms. The molecule has 3 rings (SSSR count). The molecule has 0 aliphatic carbocycles. The van der Waals surface area contributed by atoms with Crippen molar-refractivity contribution < 1.29 is 22.7 Å². The molecule has 126 valence electrons. The second-order valence-electron chi connectivity index (χ2n) is 5.08. The van der Waals surface area contributed by atoms with Crippen LogP contribution in [0.25, 0.3) is 0 Å². The minimum atomic E-state index is -4.77. The lowest BCUT2D eigenvalue weighted by atomic mass is 9.95. The number of nitrogens with one attached hydrogen (secondary N) is 1. The van der Waals surface area contributed by atoms with Gasteiger partial charge in [-0.25, -0.2) is 4.68 Å². The Morgan fingerprint density at radius 1 is 1.33 bits per heavy atom. The Morgan fingerprint density at radius 2 is 2.00 bits per heavy atom. The highest BCUT2D eigenvalue weighted by Gasteiger charge is 2.33. The Bertz CT molecular complexity index is 811. The monoisotopic (exact) mass is 339 g/mol. The Hall–Kier alpha value is -3.04. The van der Waals surface area contributed by atoms with Crippen LogP contribution in [0.4, 0.5) is 19.1 Å². The first-order chi connectivity index (χ1) is 11.3. The van der Waals surface area contributed by atoms with Crippen LogP contribution in [-0.4, -0.2) is 27.0 Å². The number of carbonyl (C=O) groups excluding carboxylic acids is 1. The highest BCUT2D eigenvalue weighted by atomic mass is 19.4. The largest absolute Gasteiger partial charge is 0.573 e. The van der Waals surface area contributed by atoms with Crippen molar-refractivity contribution in [1.29, 1.82) is 0 Å². The molecular weight excluding hydrogens is 327 g/mol. The molecule has 2 aromatic rings. The Kier molecular flexibility index (Phi) is 3.66. The fourth-order valence-electron chi connectivity index (χ4n) is 2.57. The van der Waals surface area contributed by atoms with E-state index in [9.17, 15) is 18.0 Å². The minimum absolute atomic E-state index is 0.248. The van der Waals surface area contributed by atoms with Gasteiger partial charge in [-0.1, -0.05) is 12.1 Å². The van der Waals surface area contributed by atoms with E-state index in [0.717, 1.165) is 12.1 Å². The van der Waals surface area contributed by atoms with Gasteiger partial charge in [-0.2, -0.15) is 10.1 Å². The maximum atomic E-state index is 12.2. The molecule has 0 radical (unpaired) electrons. The number of nitrogens with zero attached hydrogens (tertiary/aromatic N) is 3. The summed E-state index contributed by atoms with van der Waals surface area (Å²) in [4.78, 5) is 15.8. The first-order valence-electron chi connectivity index (χ1n) is 6.79. The zero-order chi connectivity index (χ0) is 17.5. The van der Waals surface area contributed by atoms with E-state index in [1.54, 1.807) is 6.92 Å². The number of amides is 1. The van der Waals surface area contributed by atoms with Gasteiger partial charge in [-0.15, -0.1) is 13.2 Å². The van der Waals surface area contributed by atoms with E-state index >= 15 is 0 Å². The number of ether oxygens (including phenoxy) is 1. The first kappa shape index (κ1) is 15.8. The predicted octanol–water partition coefficient (Wildman–Crippen LogP) is 1.95. The molecule has 0 saturated carbocycles. The third-order valence-corrected chi connectivity index (χ3v) is 3.49. The number of benzene rings is 1. The van der Waals surface area contributed by atoms with Crippen LogP contribution in [-0.2, 0) is 4.79 Å². The topological polar surface area (TPSA) is 95.1 Å². The second-order valence-corrected chi connectivity index (χ2v) is 5.08. The van der Waals surface area contributed by atoms with E-state index in [0.29, 0.717) is 17.2 Å². The standard InChI is InChI=1S/C14H12F3N5O2/c1-7-10(12(18)23)11(22-13(21-7)19-6-20-22)8-2-4-9(5-3-8)24-14(15,16)17/h2-6,11H,1H3,(H2,18,23)(H,19,20,21)/t11-/m1/s1. The summed E-state index contributed by atoms with van der Waals surface area (Å²) in [5.41, 5.74) is 6.72. The zero-order valence-electron chi connectivity index (χ0n) is 12.3. The van der Waals surface area contributed by atoms with E-state index in [1.807, 2.05) is 0 Å². The summed E-state index contributed by atoms with van der Waals surface area (Å²) in [7, 11) is 0. The lowest BCUT2D eigenvalue weighted by Gasteiger charge is -2.27. The SMILES string of the molecule is CC1=C(C(N)=O)[C@@H](c2ccc(OC(F)(F)F)cc2)n2ncnc2N1. The number of allylic oxidation sites excluding steroid dienone is 1. The molecule has 0 fully saturated rings. The number of hydrogen-bond acceptors (Lipinski definition) is 5. The van der Waals surface area contributed by atoms with E-state index in [-0.39, 0.29) is 11.3 Å². The number of nitrogens with two attached hydrogens (primary N) is 1. The quantitative estimate of drug-likeness (QED) is 0.891. The van der Waals surface area contributed by atoms with Crippen molar-refractivity contribution in [3.63, 3.8) is 0 Å². The Morgan fingerprint density at radius 3 is 2.58 bits per heavy atom. The van der Waals surface area contributed by atoms with Crippen molar-refractivity contribution >= 4 is 11.9 Å². The maximum Gasteiger partial charge on any atom is 0.573 e. The van der Waals surface area contributed by atoms with Gasteiger partial charge in [0.2, 0.25) is 11.9 Å². The minimum Gasteiger partial charge on any atom is -0.406 e. The number of carbonyl (C=O) groups is 1. The molecule has 1 atom stereocenters. The molecular formula is C14H12F3N5O2. The Balaban J connectivity index is 2.02. The smallest absolute Gasteiger partial charge is 0.406 e. The number of primary amides is 1. The van der Waals surface area contributed by atoms with Crippen molar-refractivity contribution in [2.24, 2.45) is 5.73 Å². The highest BCUT2D eigenvalue weighted by molar-refractivity contribution is 5.95. The van der Waals surface area contributed by atoms with Crippen LogP contribution in [0.15, 0.2) is 41.9 Å². The van der Waals surface area contributed by atoms with Crippen LogP contribution < -0.4 is 15.8 Å². The average molecular weight is 339 g/mol. The molecule has 10 heteroatoms. The third kappa shape index (κ3) is 2.90. The van der Waals surface area contributed by atoms with Gasteiger partial charge in [-0.05, 0) is 24.6 Å². The highest BCUT2D eigenvalue weighted by Crippen LogP contribution is 2.35. The van der Waals surface area contributed by atoms with Gasteiger partial charge >= 0.3 is 6.36 Å². The molecule has 1 amide bonds. The second kappa shape index (κ2) is 5.55. The van der Waals surface area contributed by atoms with Crippen LogP contribution >= 0.6 is 0 Å². The van der Waals surface area contributed by atoms with Crippen LogP contribution in [0.2, 0.25) is 0 Å². The van der Waals surface area contributed by atoms with E-state index < -0.39 is 18.3 Å². The van der Waals surface area contributed by atoms with Gasteiger partial charge in [0.25, 0.3) is 0 Å². The van der Waals surface area contributed by atoms with Crippen molar-refractivity contribution in [1.82, 2.24) is 14.8 Å². The summed E-state index contributed by atoms with van der Waals surface area (Å²) >= 11 is 0. The molecule has 0 unspecified atom stereocenters. The van der Waals surface area contributed by atoms with E-state index in [2.05, 4.69) is 20.1 Å². The summed E-state index contributed by atoms with van der Waals surface area (Å²) in [5.74, 6) is -0.625. The van der Waals surface area contributed by atoms with Crippen LogP contribution in [0.1, 0.15) is 18.5 Å². The number of rotatable bonds is 3. The molecule has 1 aliphatic rings. The summed E-state index contributed by atoms with van der Waals surface area (Å²) < 4.78 is 42.0. The third-order valence-electron chi connectivity index (χ3n) is 3.49. The zero-order valence-corrected chi connectivity index (χ0v) is 12.3. The molecule has 3 N–H and O–H groups in total. The average Bonchev–Trinajstić information content (AvgIpc) is 2.92. The van der Waals surface area contributed by atoms with Crippen molar-refractivity contribution in [3.8, 4) is 5.75 Å². The molecule has 24 heavy (non-hydrogen) atoms. The summed E-state index contributed by atoms with van der Waals surface area (Å²) in [5, 5.41) is 6.96. The lowest BCUT2D eigenvalue weighted by molar-refractivity contribution is -0.274. The number of fused-ring (bicyclic) bond motifs is 1. The van der Waals surface area contributed by atoms with Gasteiger partial charge in [0, 0.05) is 5.70 Å². The number of aromatic nitrogens is 3. The van der Waals surface area contributed by atoms with E-state index in [4.69, 9.17) is 5.73 Å². The van der Waals surface area contributed by atoms with Crippen molar-refractivity contribution in [2.45, 2.75) is 19.3 Å². The molecule has 0 spiro atoms. The van der Waals surface area contributed by atoms with Gasteiger partial charge in [0.1, 0.15) is 18.1 Å². The van der Waals surface area contributed by atoms with Gasteiger partial charge < -0.3 is 15.8 Å². The fourth-order valence-corrected chi connectivity index (χ4v) is 2.57. The number of anilines is 1. The fraction of sp³-hybridized carbons (Fsp3) is 0.214. The molecule has 1 aromatic heterocycles. The lowest BCUT2D eigenvalue weighted by Crippen LogP contribution is -2.31. The number of alkyl halides is 3. The van der Waals surface area contributed by atoms with Gasteiger partial charge in [-0.3, -0.25) is 4.79 Å². The number of halogens is 3. The molecule has 0 saturated heterocycles. The maximum absolute atomic E-state index is 12.2. The summed E-state index contributed by atoms with van der Waals surface area (Å²) in [6.45, 7) is 1.66. The molecule has 7 nitrogen and oxygen atoms in total. The molecule has 2 heterocycles. The van der Waals surface area contributed by atoms with Crippen LogP contribution in [0, 0.1) is 0 Å². The predicted molar refractivity (Wildman–Crippen MR) is 76.8 cm³/mol. The van der Waals surface area contributed by atoms with Crippen LogP contribution in [0.5, 0.6) is 5.75 Å². The van der Waals surface area contributed by atoms with Gasteiger partial charge in [0.15, 0.2) is 0 Å². The van der Waals surface area contributed by atoms with Crippen LogP contribution in [0.3, 0.4) is 0 Å². The molecule has 1 aliphatic heterocycles.